The fourth-order valence-corrected chi connectivity index (χ4v) is 2.90. The molecular formula is C16H21N3O. The summed E-state index contributed by atoms with van der Waals surface area (Å²) in [7, 11) is 0. The van der Waals surface area contributed by atoms with Crippen molar-refractivity contribution in [1.29, 1.82) is 0 Å². The lowest BCUT2D eigenvalue weighted by Gasteiger charge is -2.32. The third-order valence-corrected chi connectivity index (χ3v) is 4.18. The van der Waals surface area contributed by atoms with Gasteiger partial charge in [0.05, 0.1) is 5.69 Å². The van der Waals surface area contributed by atoms with Crippen molar-refractivity contribution in [3.8, 4) is 11.3 Å². The monoisotopic (exact) mass is 271 g/mol. The number of aliphatic hydroxyl groups excluding tert-OH is 1. The van der Waals surface area contributed by atoms with Crippen molar-refractivity contribution in [2.45, 2.75) is 32.4 Å². The first-order chi connectivity index (χ1) is 9.79. The number of hydrogen-bond acceptors (Lipinski definition) is 3. The van der Waals surface area contributed by atoms with E-state index in [0.29, 0.717) is 6.04 Å². The molecule has 2 N–H and O–H groups in total. The van der Waals surface area contributed by atoms with Crippen LogP contribution in [0.4, 0.5) is 0 Å². The second-order valence-electron chi connectivity index (χ2n) is 5.48. The van der Waals surface area contributed by atoms with E-state index in [2.05, 4.69) is 34.2 Å². The molecule has 0 aliphatic carbocycles. The minimum Gasteiger partial charge on any atom is -0.396 e. The fraction of sp³-hybridized carbons (Fsp3) is 0.438. The molecule has 0 fully saturated rings. The zero-order chi connectivity index (χ0) is 13.9. The molecule has 2 aromatic rings. The maximum atomic E-state index is 9.11. The molecule has 106 valence electrons. The van der Waals surface area contributed by atoms with Crippen LogP contribution in [0.15, 0.2) is 30.3 Å². The van der Waals surface area contributed by atoms with E-state index >= 15 is 0 Å². The summed E-state index contributed by atoms with van der Waals surface area (Å²) in [5, 5.41) is 16.8. The maximum Gasteiger partial charge on any atom is 0.0968 e. The molecule has 1 aliphatic rings. The third kappa shape index (κ3) is 2.49. The van der Waals surface area contributed by atoms with Crippen LogP contribution in [-0.2, 0) is 13.0 Å². The molecule has 1 unspecified atom stereocenters. The molecule has 0 amide bonds. The molecular weight excluding hydrogens is 250 g/mol. The second kappa shape index (κ2) is 5.77. The Labute approximate surface area is 119 Å². The number of aromatic nitrogens is 2. The fourth-order valence-electron chi connectivity index (χ4n) is 2.90. The van der Waals surface area contributed by atoms with E-state index in [-0.39, 0.29) is 6.61 Å². The van der Waals surface area contributed by atoms with E-state index in [1.807, 2.05) is 18.2 Å². The molecule has 3 rings (SSSR count). The lowest BCUT2D eigenvalue weighted by molar-refractivity contribution is 0.154. The van der Waals surface area contributed by atoms with Crippen molar-refractivity contribution in [3.63, 3.8) is 0 Å². The first-order valence-corrected chi connectivity index (χ1v) is 7.26. The van der Waals surface area contributed by atoms with Gasteiger partial charge >= 0.3 is 0 Å². The van der Waals surface area contributed by atoms with E-state index < -0.39 is 0 Å². The Morgan fingerprint density at radius 3 is 2.90 bits per heavy atom. The summed E-state index contributed by atoms with van der Waals surface area (Å²) in [5.41, 5.74) is 4.81. The van der Waals surface area contributed by atoms with Gasteiger partial charge in [0.25, 0.3) is 0 Å². The summed E-state index contributed by atoms with van der Waals surface area (Å²) in [4.78, 5) is 2.43. The Bertz CT molecular complexity index is 564. The van der Waals surface area contributed by atoms with Crippen molar-refractivity contribution in [1.82, 2.24) is 15.1 Å². The topological polar surface area (TPSA) is 52.1 Å². The molecule has 1 aromatic heterocycles. The van der Waals surface area contributed by atoms with Crippen LogP contribution in [0.5, 0.6) is 0 Å². The van der Waals surface area contributed by atoms with Gasteiger partial charge in [0.15, 0.2) is 0 Å². The van der Waals surface area contributed by atoms with Crippen LogP contribution >= 0.6 is 0 Å². The van der Waals surface area contributed by atoms with Gasteiger partial charge in [-0.15, -0.1) is 0 Å². The van der Waals surface area contributed by atoms with E-state index in [4.69, 9.17) is 5.11 Å². The predicted octanol–water partition coefficient (Wildman–Crippen LogP) is 2.21. The summed E-state index contributed by atoms with van der Waals surface area (Å²) >= 11 is 0. The average Bonchev–Trinajstić information content (AvgIpc) is 2.91. The first kappa shape index (κ1) is 13.3. The number of hydrogen-bond donors (Lipinski definition) is 2. The van der Waals surface area contributed by atoms with E-state index in [0.717, 1.165) is 31.6 Å². The van der Waals surface area contributed by atoms with Crippen LogP contribution < -0.4 is 0 Å². The van der Waals surface area contributed by atoms with Gasteiger partial charge in [-0.2, -0.15) is 5.10 Å². The summed E-state index contributed by atoms with van der Waals surface area (Å²) in [5.74, 6) is 0. The smallest absolute Gasteiger partial charge is 0.0968 e. The van der Waals surface area contributed by atoms with Crippen LogP contribution in [0.25, 0.3) is 11.3 Å². The molecule has 4 nitrogen and oxygen atoms in total. The molecule has 0 bridgehead atoms. The van der Waals surface area contributed by atoms with Gasteiger partial charge in [0.1, 0.15) is 0 Å². The van der Waals surface area contributed by atoms with Crippen LogP contribution in [-0.4, -0.2) is 39.4 Å². The van der Waals surface area contributed by atoms with Gasteiger partial charge in [-0.25, -0.2) is 0 Å². The van der Waals surface area contributed by atoms with Crippen LogP contribution in [0.2, 0.25) is 0 Å². The van der Waals surface area contributed by atoms with E-state index in [9.17, 15) is 0 Å². The summed E-state index contributed by atoms with van der Waals surface area (Å²) in [6, 6.07) is 10.7. The first-order valence-electron chi connectivity index (χ1n) is 7.26. The number of nitrogens with one attached hydrogen (secondary N) is 1. The maximum absolute atomic E-state index is 9.11. The van der Waals surface area contributed by atoms with Crippen molar-refractivity contribution < 1.29 is 5.11 Å². The zero-order valence-electron chi connectivity index (χ0n) is 11.8. The molecule has 1 aromatic carbocycles. The minimum atomic E-state index is 0.251. The van der Waals surface area contributed by atoms with Gasteiger partial charge < -0.3 is 5.11 Å². The number of nitrogens with zero attached hydrogens (tertiary/aromatic N) is 2. The quantitative estimate of drug-likeness (QED) is 0.896. The SMILES string of the molecule is CC(CCO)N1CCc2[nH]nc(-c3ccccc3)c2C1. The number of rotatable bonds is 4. The highest BCUT2D eigenvalue weighted by atomic mass is 16.3. The highest BCUT2D eigenvalue weighted by Crippen LogP contribution is 2.29. The number of fused-ring (bicyclic) bond motifs is 1. The molecule has 1 aliphatic heterocycles. The molecule has 0 saturated carbocycles. The van der Waals surface area contributed by atoms with Gasteiger partial charge in [-0.05, 0) is 13.3 Å². The molecule has 1 atom stereocenters. The van der Waals surface area contributed by atoms with Gasteiger partial charge in [-0.1, -0.05) is 30.3 Å². The Balaban J connectivity index is 1.87. The largest absolute Gasteiger partial charge is 0.396 e. The Morgan fingerprint density at radius 2 is 2.15 bits per heavy atom. The van der Waals surface area contributed by atoms with Gasteiger partial charge in [0, 0.05) is 49.0 Å². The summed E-state index contributed by atoms with van der Waals surface area (Å²) in [6.45, 7) is 4.38. The van der Waals surface area contributed by atoms with Crippen LogP contribution in [0.1, 0.15) is 24.6 Å². The third-order valence-electron chi connectivity index (χ3n) is 4.18. The van der Waals surface area contributed by atoms with Crippen molar-refractivity contribution in [3.05, 3.63) is 41.6 Å². The molecule has 20 heavy (non-hydrogen) atoms. The number of aliphatic hydroxyl groups is 1. The molecule has 2 heterocycles. The summed E-state index contributed by atoms with van der Waals surface area (Å²) < 4.78 is 0. The Morgan fingerprint density at radius 1 is 1.35 bits per heavy atom. The van der Waals surface area contributed by atoms with Crippen molar-refractivity contribution in [2.75, 3.05) is 13.2 Å². The van der Waals surface area contributed by atoms with Crippen LogP contribution in [0, 0.1) is 0 Å². The molecule has 0 radical (unpaired) electrons. The predicted molar refractivity (Wildman–Crippen MR) is 79.3 cm³/mol. The lowest BCUT2D eigenvalue weighted by Crippen LogP contribution is -2.38. The molecule has 0 spiro atoms. The molecule has 0 saturated heterocycles. The molecule has 4 heteroatoms. The van der Waals surface area contributed by atoms with Gasteiger partial charge in [0.2, 0.25) is 0 Å². The highest BCUT2D eigenvalue weighted by Gasteiger charge is 2.25. The van der Waals surface area contributed by atoms with Gasteiger partial charge in [-0.3, -0.25) is 10.00 Å². The number of H-pyrrole nitrogens is 1. The average molecular weight is 271 g/mol. The van der Waals surface area contributed by atoms with Crippen molar-refractivity contribution in [2.24, 2.45) is 0 Å². The number of aromatic amines is 1. The lowest BCUT2D eigenvalue weighted by atomic mass is 9.99. The zero-order valence-corrected chi connectivity index (χ0v) is 11.8. The number of benzene rings is 1. The van der Waals surface area contributed by atoms with E-state index in [1.165, 1.54) is 16.8 Å². The normalized spacial score (nSPS) is 16.9. The van der Waals surface area contributed by atoms with Crippen molar-refractivity contribution >= 4 is 0 Å². The second-order valence-corrected chi connectivity index (χ2v) is 5.48. The Kier molecular flexibility index (Phi) is 3.85. The Hall–Kier alpha value is -1.65. The van der Waals surface area contributed by atoms with Crippen LogP contribution in [0.3, 0.4) is 0 Å². The highest BCUT2D eigenvalue weighted by molar-refractivity contribution is 5.64. The minimum absolute atomic E-state index is 0.251. The van der Waals surface area contributed by atoms with E-state index in [1.54, 1.807) is 0 Å². The standard InChI is InChI=1S/C16H21N3O/c1-12(8-10-20)19-9-7-15-14(11-19)16(18-17-15)13-5-3-2-4-6-13/h2-6,12,20H,7-11H2,1H3,(H,17,18). The summed E-state index contributed by atoms with van der Waals surface area (Å²) in [6.07, 6.45) is 1.83.